The van der Waals surface area contributed by atoms with Crippen molar-refractivity contribution in [2.24, 2.45) is 0 Å². The topological polar surface area (TPSA) is 37.3 Å². The largest absolute Gasteiger partial charge is 0.323 e. The Morgan fingerprint density at radius 2 is 1.61 bits per heavy atom. The minimum Gasteiger partial charge on any atom is -0.318 e. The molecule has 1 N–H and O–H groups in total. The zero-order chi connectivity index (χ0) is 23.1. The molecule has 166 valence electrons. The second kappa shape index (κ2) is 8.12. The molecule has 0 radical (unpaired) electrons. The molecule has 0 fully saturated rings. The van der Waals surface area contributed by atoms with E-state index in [1.165, 1.54) is 4.90 Å². The molecule has 1 aliphatic heterocycles. The third kappa shape index (κ3) is 3.84. The van der Waals surface area contributed by atoms with Crippen LogP contribution in [0.4, 0.5) is 28.0 Å². The molecule has 0 bridgehead atoms. The number of anilines is 1. The van der Waals surface area contributed by atoms with Crippen LogP contribution >= 0.6 is 0 Å². The summed E-state index contributed by atoms with van der Waals surface area (Å²) in [7, 11) is 0. The fraction of sp³-hybridized carbons (Fsp3) is 0.0800. The Morgan fingerprint density at radius 1 is 0.848 bits per heavy atom. The van der Waals surface area contributed by atoms with E-state index in [4.69, 9.17) is 0 Å². The first-order chi connectivity index (χ1) is 15.9. The van der Waals surface area contributed by atoms with Crippen molar-refractivity contribution in [1.29, 1.82) is 0 Å². The van der Waals surface area contributed by atoms with Crippen molar-refractivity contribution in [3.8, 4) is 5.69 Å². The smallest absolute Gasteiger partial charge is 0.318 e. The van der Waals surface area contributed by atoms with E-state index in [0.29, 0.717) is 5.69 Å². The molecule has 4 aromatic rings. The van der Waals surface area contributed by atoms with Crippen LogP contribution in [0.5, 0.6) is 0 Å². The molecule has 1 aliphatic rings. The lowest BCUT2D eigenvalue weighted by molar-refractivity contribution is 0.194. The second-order valence-corrected chi connectivity index (χ2v) is 7.72. The lowest BCUT2D eigenvalue weighted by Gasteiger charge is -2.31. The first-order valence-corrected chi connectivity index (χ1v) is 10.1. The van der Waals surface area contributed by atoms with E-state index in [0.717, 1.165) is 47.6 Å². The van der Waals surface area contributed by atoms with Crippen molar-refractivity contribution < 1.29 is 22.4 Å². The standard InChI is InChI=1S/C25H17F4N3O/c26-17-7-8-20(29)21(13-17)30-25(33)32-14-15-4-1-2-5-22(15)31-9-3-6-23(31)24(32)16-10-18(27)12-19(28)11-16/h1-13,24H,14H2,(H,30,33). The Bertz CT molecular complexity index is 1350. The van der Waals surface area contributed by atoms with Crippen LogP contribution in [0.1, 0.15) is 22.9 Å². The molecule has 33 heavy (non-hydrogen) atoms. The third-order valence-electron chi connectivity index (χ3n) is 5.60. The van der Waals surface area contributed by atoms with Crippen molar-refractivity contribution in [2.45, 2.75) is 12.6 Å². The number of hydrogen-bond donors (Lipinski definition) is 1. The number of benzene rings is 3. The van der Waals surface area contributed by atoms with Crippen LogP contribution in [-0.2, 0) is 6.54 Å². The van der Waals surface area contributed by atoms with Crippen LogP contribution in [0.15, 0.2) is 79.0 Å². The SMILES string of the molecule is O=C(Nc1cc(F)ccc1F)N1Cc2ccccc2-n2cccc2C1c1cc(F)cc(F)c1. The number of rotatable bonds is 2. The number of carbonyl (C=O) groups excluding carboxylic acids is 1. The highest BCUT2D eigenvalue weighted by molar-refractivity contribution is 5.90. The summed E-state index contributed by atoms with van der Waals surface area (Å²) in [6.07, 6.45) is 1.80. The van der Waals surface area contributed by atoms with Crippen LogP contribution < -0.4 is 5.32 Å². The summed E-state index contributed by atoms with van der Waals surface area (Å²) in [6.45, 7) is 0.0589. The minimum atomic E-state index is -0.908. The third-order valence-corrected chi connectivity index (χ3v) is 5.60. The summed E-state index contributed by atoms with van der Waals surface area (Å²) in [6, 6.07) is 15.0. The van der Waals surface area contributed by atoms with Crippen molar-refractivity contribution in [3.05, 3.63) is 119 Å². The van der Waals surface area contributed by atoms with Gasteiger partial charge in [-0.05, 0) is 53.6 Å². The molecule has 0 spiro atoms. The van der Waals surface area contributed by atoms with E-state index in [2.05, 4.69) is 5.32 Å². The fourth-order valence-corrected chi connectivity index (χ4v) is 4.20. The zero-order valence-electron chi connectivity index (χ0n) is 17.1. The van der Waals surface area contributed by atoms with Gasteiger partial charge in [-0.25, -0.2) is 22.4 Å². The van der Waals surface area contributed by atoms with Gasteiger partial charge < -0.3 is 14.8 Å². The number of fused-ring (bicyclic) bond motifs is 3. The van der Waals surface area contributed by atoms with Gasteiger partial charge in [-0.1, -0.05) is 18.2 Å². The molecule has 3 aromatic carbocycles. The lowest BCUT2D eigenvalue weighted by atomic mass is 10.0. The lowest BCUT2D eigenvalue weighted by Crippen LogP contribution is -2.38. The van der Waals surface area contributed by atoms with Gasteiger partial charge in [-0.3, -0.25) is 0 Å². The summed E-state index contributed by atoms with van der Waals surface area (Å²) >= 11 is 0. The van der Waals surface area contributed by atoms with Crippen molar-refractivity contribution in [3.63, 3.8) is 0 Å². The highest BCUT2D eigenvalue weighted by Gasteiger charge is 2.33. The summed E-state index contributed by atoms with van der Waals surface area (Å²) in [5.41, 5.74) is 2.02. The van der Waals surface area contributed by atoms with Crippen LogP contribution in [-0.4, -0.2) is 15.5 Å². The van der Waals surface area contributed by atoms with Gasteiger partial charge in [-0.15, -0.1) is 0 Å². The highest BCUT2D eigenvalue weighted by Crippen LogP contribution is 2.37. The first kappa shape index (κ1) is 20.8. The van der Waals surface area contributed by atoms with Crippen molar-refractivity contribution in [1.82, 2.24) is 9.47 Å². The predicted molar refractivity (Wildman–Crippen MR) is 115 cm³/mol. The number of aromatic nitrogens is 1. The van der Waals surface area contributed by atoms with Crippen molar-refractivity contribution in [2.75, 3.05) is 5.32 Å². The van der Waals surface area contributed by atoms with Gasteiger partial charge in [0.05, 0.1) is 24.0 Å². The molecular weight excluding hydrogens is 434 g/mol. The number of urea groups is 1. The van der Waals surface area contributed by atoms with Gasteiger partial charge in [0.2, 0.25) is 0 Å². The molecule has 4 nitrogen and oxygen atoms in total. The Morgan fingerprint density at radius 3 is 2.39 bits per heavy atom. The van der Waals surface area contributed by atoms with Gasteiger partial charge in [0.15, 0.2) is 0 Å². The molecule has 0 saturated carbocycles. The van der Waals surface area contributed by atoms with Crippen LogP contribution in [0.25, 0.3) is 5.69 Å². The van der Waals surface area contributed by atoms with E-state index in [1.807, 2.05) is 28.8 Å². The molecule has 1 unspecified atom stereocenters. The maximum atomic E-state index is 14.2. The number of carbonyl (C=O) groups is 1. The second-order valence-electron chi connectivity index (χ2n) is 7.72. The van der Waals surface area contributed by atoms with Gasteiger partial charge in [0, 0.05) is 24.0 Å². The molecule has 2 heterocycles. The summed E-state index contributed by atoms with van der Waals surface area (Å²) < 4.78 is 58.1. The average Bonchev–Trinajstić information content (AvgIpc) is 3.19. The minimum absolute atomic E-state index is 0.0589. The first-order valence-electron chi connectivity index (χ1n) is 10.1. The summed E-state index contributed by atoms with van der Waals surface area (Å²) in [5.74, 6) is -3.11. The van der Waals surface area contributed by atoms with E-state index < -0.39 is 35.3 Å². The van der Waals surface area contributed by atoms with Crippen molar-refractivity contribution >= 4 is 11.7 Å². The molecule has 1 atom stereocenters. The molecule has 0 saturated heterocycles. The van der Waals surface area contributed by atoms with E-state index in [1.54, 1.807) is 18.3 Å². The quantitative estimate of drug-likeness (QED) is 0.364. The predicted octanol–water partition coefficient (Wildman–Crippen LogP) is 6.17. The van der Waals surface area contributed by atoms with Crippen LogP contribution in [0.3, 0.4) is 0 Å². The van der Waals surface area contributed by atoms with Gasteiger partial charge in [0.1, 0.15) is 23.3 Å². The molecule has 2 amide bonds. The number of amides is 2. The van der Waals surface area contributed by atoms with Crippen LogP contribution in [0.2, 0.25) is 0 Å². The summed E-state index contributed by atoms with van der Waals surface area (Å²) in [5, 5.41) is 2.41. The molecule has 1 aromatic heterocycles. The number of hydrogen-bond acceptors (Lipinski definition) is 1. The van der Waals surface area contributed by atoms with E-state index in [-0.39, 0.29) is 17.8 Å². The molecule has 8 heteroatoms. The average molecular weight is 451 g/mol. The monoisotopic (exact) mass is 451 g/mol. The Hall–Kier alpha value is -4.07. The van der Waals surface area contributed by atoms with Gasteiger partial charge in [-0.2, -0.15) is 0 Å². The fourth-order valence-electron chi connectivity index (χ4n) is 4.20. The highest BCUT2D eigenvalue weighted by atomic mass is 19.1. The molecular formula is C25H17F4N3O. The van der Waals surface area contributed by atoms with Gasteiger partial charge in [0.25, 0.3) is 0 Å². The normalized spacial score (nSPS) is 14.9. The number of nitrogens with one attached hydrogen (secondary N) is 1. The van der Waals surface area contributed by atoms with E-state index in [9.17, 15) is 22.4 Å². The Labute approximate surface area is 186 Å². The maximum absolute atomic E-state index is 14.2. The van der Waals surface area contributed by atoms with E-state index >= 15 is 0 Å². The van der Waals surface area contributed by atoms with Crippen LogP contribution in [0, 0.1) is 23.3 Å². The van der Waals surface area contributed by atoms with Gasteiger partial charge >= 0.3 is 6.03 Å². The Balaban J connectivity index is 1.66. The number of nitrogens with zero attached hydrogens (tertiary/aromatic N) is 2. The number of halogens is 4. The Kier molecular flexibility index (Phi) is 5.12. The molecule has 0 aliphatic carbocycles. The zero-order valence-corrected chi connectivity index (χ0v) is 17.1. The molecule has 5 rings (SSSR count). The summed E-state index contributed by atoms with van der Waals surface area (Å²) in [4.78, 5) is 14.8. The number of para-hydroxylation sites is 1. The maximum Gasteiger partial charge on any atom is 0.323 e.